The highest BCUT2D eigenvalue weighted by atomic mass is 16.7. The van der Waals surface area contributed by atoms with Crippen LogP contribution in [0.3, 0.4) is 0 Å². The van der Waals surface area contributed by atoms with Gasteiger partial charge < -0.3 is 9.47 Å². The van der Waals surface area contributed by atoms with E-state index in [9.17, 15) is 9.59 Å². The molecule has 1 aliphatic rings. The maximum atomic E-state index is 11.3. The summed E-state index contributed by atoms with van der Waals surface area (Å²) in [6.45, 7) is 6.81. The second-order valence-corrected chi connectivity index (χ2v) is 4.05. The minimum absolute atomic E-state index is 0.0282. The van der Waals surface area contributed by atoms with E-state index in [1.54, 1.807) is 19.9 Å². The fourth-order valence-corrected chi connectivity index (χ4v) is 1.58. The lowest BCUT2D eigenvalue weighted by atomic mass is 10.1. The zero-order valence-electron chi connectivity index (χ0n) is 9.12. The summed E-state index contributed by atoms with van der Waals surface area (Å²) in [6.07, 6.45) is 1.88. The van der Waals surface area contributed by atoms with Gasteiger partial charge in [0.1, 0.15) is 5.78 Å². The van der Waals surface area contributed by atoms with Crippen molar-refractivity contribution >= 4 is 11.8 Å². The molecule has 15 heavy (non-hydrogen) atoms. The Balaban J connectivity index is 2.52. The van der Waals surface area contributed by atoms with Crippen molar-refractivity contribution in [2.75, 3.05) is 0 Å². The smallest absolute Gasteiger partial charge is 0.310 e. The topological polar surface area (TPSA) is 52.6 Å². The Bertz CT molecular complexity index is 280. The maximum absolute atomic E-state index is 11.3. The van der Waals surface area contributed by atoms with Gasteiger partial charge in [0.15, 0.2) is 0 Å². The molecule has 0 aliphatic carbocycles. The Morgan fingerprint density at radius 3 is 2.87 bits per heavy atom. The van der Waals surface area contributed by atoms with Crippen LogP contribution in [0.1, 0.15) is 33.1 Å². The zero-order chi connectivity index (χ0) is 11.5. The van der Waals surface area contributed by atoms with E-state index < -0.39 is 5.79 Å². The van der Waals surface area contributed by atoms with Crippen molar-refractivity contribution in [3.8, 4) is 0 Å². The van der Waals surface area contributed by atoms with Gasteiger partial charge in [0, 0.05) is 26.7 Å². The van der Waals surface area contributed by atoms with Crippen LogP contribution in [0.2, 0.25) is 0 Å². The second kappa shape index (κ2) is 4.57. The van der Waals surface area contributed by atoms with Crippen LogP contribution >= 0.6 is 0 Å². The molecule has 0 spiro atoms. The van der Waals surface area contributed by atoms with E-state index in [-0.39, 0.29) is 30.7 Å². The van der Waals surface area contributed by atoms with Crippen LogP contribution in [-0.2, 0) is 19.1 Å². The summed E-state index contributed by atoms with van der Waals surface area (Å²) in [5.74, 6) is -1.21. The predicted molar refractivity (Wildman–Crippen MR) is 54.1 cm³/mol. The molecule has 0 radical (unpaired) electrons. The Kier molecular flexibility index (Phi) is 3.63. The number of ether oxygens (including phenoxy) is 2. The monoisotopic (exact) mass is 212 g/mol. The minimum atomic E-state index is -0.922. The van der Waals surface area contributed by atoms with Crippen LogP contribution in [0.5, 0.6) is 0 Å². The van der Waals surface area contributed by atoms with Crippen molar-refractivity contribution < 1.29 is 19.1 Å². The number of esters is 1. The molecule has 0 N–H and O–H groups in total. The highest BCUT2D eigenvalue weighted by molar-refractivity contribution is 5.81. The average molecular weight is 212 g/mol. The van der Waals surface area contributed by atoms with Crippen LogP contribution in [0.4, 0.5) is 0 Å². The molecule has 4 nitrogen and oxygen atoms in total. The van der Waals surface area contributed by atoms with E-state index >= 15 is 0 Å². The zero-order valence-corrected chi connectivity index (χ0v) is 9.12. The van der Waals surface area contributed by atoms with Gasteiger partial charge in [-0.15, -0.1) is 6.58 Å². The second-order valence-electron chi connectivity index (χ2n) is 4.05. The molecule has 1 saturated heterocycles. The first-order valence-electron chi connectivity index (χ1n) is 4.95. The molecule has 0 saturated carbocycles. The number of allylic oxidation sites excluding steroid dienone is 1. The molecule has 1 rings (SSSR count). The van der Waals surface area contributed by atoms with E-state index in [0.717, 1.165) is 0 Å². The van der Waals surface area contributed by atoms with Gasteiger partial charge in [0.25, 0.3) is 0 Å². The van der Waals surface area contributed by atoms with Crippen molar-refractivity contribution in [3.05, 3.63) is 12.7 Å². The fraction of sp³-hybridized carbons (Fsp3) is 0.636. The summed E-state index contributed by atoms with van der Waals surface area (Å²) in [7, 11) is 0. The molecular weight excluding hydrogens is 196 g/mol. The summed E-state index contributed by atoms with van der Waals surface area (Å²) >= 11 is 0. The molecule has 1 unspecified atom stereocenters. The molecule has 1 heterocycles. The van der Waals surface area contributed by atoms with Crippen molar-refractivity contribution in [3.63, 3.8) is 0 Å². The lowest BCUT2D eigenvalue weighted by Crippen LogP contribution is -2.43. The van der Waals surface area contributed by atoms with E-state index in [4.69, 9.17) is 9.47 Å². The number of Topliss-reactive ketones (excluding diaryl/α,β-unsaturated/α-hetero) is 1. The van der Waals surface area contributed by atoms with Gasteiger partial charge in [-0.25, -0.2) is 0 Å². The number of cyclic esters (lactones) is 1. The number of rotatable bonds is 4. The number of carbonyl (C=O) groups excluding carboxylic acids is 2. The lowest BCUT2D eigenvalue weighted by molar-refractivity contribution is -0.257. The SMILES string of the molecule is C=CCC(=O)CC1CC(=O)OC(C)(C)O1. The van der Waals surface area contributed by atoms with Gasteiger partial charge in [-0.1, -0.05) is 6.08 Å². The Labute approximate surface area is 89.2 Å². The molecule has 1 fully saturated rings. The molecule has 84 valence electrons. The van der Waals surface area contributed by atoms with Gasteiger partial charge >= 0.3 is 5.97 Å². The first kappa shape index (κ1) is 11.9. The summed E-state index contributed by atoms with van der Waals surface area (Å²) in [5.41, 5.74) is 0. The molecule has 0 bridgehead atoms. The maximum Gasteiger partial charge on any atom is 0.310 e. The predicted octanol–water partition coefficient (Wildman–Crippen LogP) is 1.59. The number of hydrogen-bond donors (Lipinski definition) is 0. The molecule has 1 aliphatic heterocycles. The lowest BCUT2D eigenvalue weighted by Gasteiger charge is -2.34. The first-order valence-corrected chi connectivity index (χ1v) is 4.95. The standard InChI is InChI=1S/C11H16O4/c1-4-5-8(12)6-9-7-10(13)15-11(2,3)14-9/h4,9H,1,5-7H2,2-3H3. The third kappa shape index (κ3) is 3.83. The van der Waals surface area contributed by atoms with Crippen molar-refractivity contribution in [2.24, 2.45) is 0 Å². The highest BCUT2D eigenvalue weighted by Gasteiger charge is 2.35. The normalized spacial score (nSPS) is 24.4. The highest BCUT2D eigenvalue weighted by Crippen LogP contribution is 2.25. The molecular formula is C11H16O4. The van der Waals surface area contributed by atoms with Crippen molar-refractivity contribution in [1.29, 1.82) is 0 Å². The van der Waals surface area contributed by atoms with E-state index in [1.807, 2.05) is 0 Å². The largest absolute Gasteiger partial charge is 0.434 e. The molecule has 0 aromatic heterocycles. The van der Waals surface area contributed by atoms with Gasteiger partial charge in [0.05, 0.1) is 12.5 Å². The van der Waals surface area contributed by atoms with E-state index in [2.05, 4.69) is 6.58 Å². The van der Waals surface area contributed by atoms with Gasteiger partial charge in [-0.05, 0) is 0 Å². The molecule has 0 aromatic carbocycles. The average Bonchev–Trinajstić information content (AvgIpc) is 1.99. The van der Waals surface area contributed by atoms with E-state index in [0.29, 0.717) is 6.42 Å². The molecule has 1 atom stereocenters. The number of ketones is 1. The summed E-state index contributed by atoms with van der Waals surface area (Å²) < 4.78 is 10.4. The van der Waals surface area contributed by atoms with Crippen LogP contribution in [-0.4, -0.2) is 23.6 Å². The van der Waals surface area contributed by atoms with Crippen LogP contribution in [0.25, 0.3) is 0 Å². The van der Waals surface area contributed by atoms with Gasteiger partial charge in [0.2, 0.25) is 5.79 Å². The summed E-state index contributed by atoms with van der Waals surface area (Å²) in [4.78, 5) is 22.5. The minimum Gasteiger partial charge on any atom is -0.434 e. The summed E-state index contributed by atoms with van der Waals surface area (Å²) in [6, 6.07) is 0. The van der Waals surface area contributed by atoms with Gasteiger partial charge in [-0.2, -0.15) is 0 Å². The summed E-state index contributed by atoms with van der Waals surface area (Å²) in [5, 5.41) is 0. The number of hydrogen-bond acceptors (Lipinski definition) is 4. The first-order chi connectivity index (χ1) is 6.93. The molecule has 4 heteroatoms. The van der Waals surface area contributed by atoms with E-state index in [1.165, 1.54) is 0 Å². The van der Waals surface area contributed by atoms with Gasteiger partial charge in [-0.3, -0.25) is 9.59 Å². The molecule has 0 aromatic rings. The third-order valence-electron chi connectivity index (χ3n) is 2.03. The fourth-order valence-electron chi connectivity index (χ4n) is 1.58. The van der Waals surface area contributed by atoms with Crippen LogP contribution in [0.15, 0.2) is 12.7 Å². The quantitative estimate of drug-likeness (QED) is 0.524. The Morgan fingerprint density at radius 2 is 2.33 bits per heavy atom. The third-order valence-corrected chi connectivity index (χ3v) is 2.03. The van der Waals surface area contributed by atoms with Crippen LogP contribution < -0.4 is 0 Å². The molecule has 0 amide bonds. The Hall–Kier alpha value is -1.16. The Morgan fingerprint density at radius 1 is 1.67 bits per heavy atom. The van der Waals surface area contributed by atoms with Crippen molar-refractivity contribution in [2.45, 2.75) is 45.0 Å². The van der Waals surface area contributed by atoms with Crippen molar-refractivity contribution in [1.82, 2.24) is 0 Å². The number of carbonyl (C=O) groups is 2. The van der Waals surface area contributed by atoms with Crippen LogP contribution in [0, 0.1) is 0 Å².